The predicted octanol–water partition coefficient (Wildman–Crippen LogP) is 2.76. The summed E-state index contributed by atoms with van der Waals surface area (Å²) in [4.78, 5) is 92.7. The predicted molar refractivity (Wildman–Crippen MR) is 302 cm³/mol. The molecule has 2 aromatic heterocycles. The second-order valence-corrected chi connectivity index (χ2v) is 26.1. The normalized spacial score (nSPS) is 22.1. The highest BCUT2D eigenvalue weighted by Crippen LogP contribution is 2.58. The number of anilines is 2. The van der Waals surface area contributed by atoms with E-state index in [1.165, 1.54) is 72.2 Å². The average molecular weight is 1170 g/mol. The van der Waals surface area contributed by atoms with Crippen molar-refractivity contribution >= 4 is 61.9 Å². The lowest BCUT2D eigenvalue weighted by Crippen LogP contribution is -2.50. The van der Waals surface area contributed by atoms with Gasteiger partial charge < -0.3 is 55.4 Å². The second kappa shape index (κ2) is 22.3. The topological polar surface area (TPSA) is 317 Å². The van der Waals surface area contributed by atoms with Crippen molar-refractivity contribution in [3.63, 3.8) is 0 Å². The Balaban J connectivity index is 0.818. The molecule has 0 spiro atoms. The van der Waals surface area contributed by atoms with Crippen molar-refractivity contribution in [1.82, 2.24) is 34.6 Å². The van der Waals surface area contributed by atoms with Crippen LogP contribution < -0.4 is 46.5 Å². The third-order valence-electron chi connectivity index (χ3n) is 16.8. The second-order valence-electron chi connectivity index (χ2n) is 23.3. The number of hydrogen-bond acceptors (Lipinski definition) is 14. The van der Waals surface area contributed by atoms with Crippen molar-refractivity contribution in [2.75, 3.05) is 63.6 Å². The van der Waals surface area contributed by atoms with Crippen LogP contribution in [0.4, 0.5) is 16.4 Å². The fourth-order valence-electron chi connectivity index (χ4n) is 13.5. The summed E-state index contributed by atoms with van der Waals surface area (Å²) >= 11 is 0. The van der Waals surface area contributed by atoms with Gasteiger partial charge in [-0.05, 0) is 115 Å². The first-order valence-electron chi connectivity index (χ1n) is 27.9. The van der Waals surface area contributed by atoms with Gasteiger partial charge in [0.05, 0.1) is 13.7 Å². The number of nitrogen functional groups attached to an aromatic ring is 1. The van der Waals surface area contributed by atoms with Gasteiger partial charge >= 0.3 is 27.4 Å². The van der Waals surface area contributed by atoms with Crippen LogP contribution in [0, 0.1) is 0 Å². The zero-order valence-electron chi connectivity index (χ0n) is 47.4. The van der Waals surface area contributed by atoms with Crippen LogP contribution >= 0.6 is 15.6 Å². The number of fused-ring (bicyclic) bond motifs is 5. The fraction of sp³-hybridized carbons (Fsp3) is 0.518. The van der Waals surface area contributed by atoms with Crippen molar-refractivity contribution in [2.24, 2.45) is 7.05 Å². The van der Waals surface area contributed by atoms with Gasteiger partial charge in [-0.2, -0.15) is 4.31 Å². The summed E-state index contributed by atoms with van der Waals surface area (Å²) in [6.45, 7) is 16.1. The van der Waals surface area contributed by atoms with Crippen molar-refractivity contribution < 1.29 is 66.2 Å². The number of aliphatic hydroxyl groups is 1. The van der Waals surface area contributed by atoms with Crippen LogP contribution in [0.2, 0.25) is 0 Å². The first kappa shape index (κ1) is 58.9. The molecule has 1 saturated heterocycles. The first-order valence-corrected chi connectivity index (χ1v) is 30.9. The van der Waals surface area contributed by atoms with Crippen molar-refractivity contribution in [1.29, 1.82) is 0 Å². The minimum absolute atomic E-state index is 0.0184. The largest absolute Gasteiger partial charge is 0.481 e. The zero-order valence-corrected chi connectivity index (χ0v) is 49.2. The van der Waals surface area contributed by atoms with Crippen LogP contribution in [-0.4, -0.2) is 134 Å². The molecule has 6 atom stereocenters. The summed E-state index contributed by atoms with van der Waals surface area (Å²) < 4.78 is 48.8. The lowest BCUT2D eigenvalue weighted by molar-refractivity contribution is -0.745. The summed E-state index contributed by atoms with van der Waals surface area (Å²) in [6.07, 6.45) is -0.659. The van der Waals surface area contributed by atoms with Gasteiger partial charge in [0.15, 0.2) is 18.5 Å². The molecule has 82 heavy (non-hydrogen) atoms. The van der Waals surface area contributed by atoms with Gasteiger partial charge in [-0.3, -0.25) is 28.5 Å². The molecule has 24 nitrogen and oxygen atoms in total. The van der Waals surface area contributed by atoms with E-state index in [1.54, 1.807) is 11.9 Å². The van der Waals surface area contributed by atoms with Crippen LogP contribution in [0.15, 0.2) is 53.6 Å². The highest BCUT2D eigenvalue weighted by atomic mass is 31.3. The van der Waals surface area contributed by atoms with Crippen molar-refractivity contribution in [2.45, 2.75) is 128 Å². The number of nitrogens with zero attached hydrogens (tertiary/aromatic N) is 6. The van der Waals surface area contributed by atoms with E-state index >= 15 is 0 Å². The number of H-pyrrole nitrogens is 1. The number of benzene rings is 3. The standard InChI is InChI=1S/C56H72N10O14P2/c1-9-66-40-27-39-37(26-36(40)31(2)28-55(66,3)4)43(38-25-32-15-12-23-64-24-13-18-35(45(32)64)44(38)56(39,5)6)33-16-10-11-17-34(33)51(70)62(7)22-14-19-42(67)58-20-21-59-54(71)79-48-41(29-77-82(75,76)80-81(72,73)74)78-52(47(48)68)65-30-63(8)46-49(65)60-53(57)61-50(46)69/h10-11,16-17,25-27,30-31,41,47-48,52,68H,9,12-15,18-24,28-29H2,1-8H3,(H6-2,57,58,59,60,61,67,69,71,72,73,74,75,76)/p+2/t31?,41-,47-,48-,52-/m1/s1. The number of hydrogen-bond donors (Lipinski definition) is 8. The maximum Gasteiger partial charge on any atom is 0.481 e. The van der Waals surface area contributed by atoms with Crippen molar-refractivity contribution in [3.8, 4) is 0 Å². The number of aromatic amines is 1. The van der Waals surface area contributed by atoms with E-state index in [4.69, 9.17) is 29.5 Å². The van der Waals surface area contributed by atoms with Crippen molar-refractivity contribution in [3.05, 3.63) is 114 Å². The first-order chi connectivity index (χ1) is 38.7. The number of rotatable bonds is 17. The molecular formula is C56H74N10O14P2+2. The molecule has 5 aliphatic rings. The molecule has 4 aliphatic heterocycles. The lowest BCUT2D eigenvalue weighted by Gasteiger charge is -2.48. The third kappa shape index (κ3) is 11.2. The summed E-state index contributed by atoms with van der Waals surface area (Å²) in [7, 11) is -7.69. The molecule has 10 rings (SSSR count). The molecule has 1 fully saturated rings. The van der Waals surface area contributed by atoms with Crippen LogP contribution in [0.1, 0.15) is 135 Å². The highest BCUT2D eigenvalue weighted by molar-refractivity contribution is 7.60. The minimum atomic E-state index is -5.51. The Labute approximate surface area is 473 Å². The number of nitrogens with two attached hydrogens (primary N) is 1. The maximum atomic E-state index is 14.9. The average Bonchev–Trinajstić information content (AvgIpc) is 3.92. The van der Waals surface area contributed by atoms with Gasteiger partial charge in [-0.25, -0.2) is 23.1 Å². The zero-order chi connectivity index (χ0) is 59.0. The molecule has 0 radical (unpaired) electrons. The van der Waals surface area contributed by atoms with Crippen LogP contribution in [0.25, 0.3) is 16.7 Å². The Morgan fingerprint density at radius 3 is 2.48 bits per heavy atom. The molecule has 26 heteroatoms. The fourth-order valence-corrected chi connectivity index (χ4v) is 15.1. The number of ether oxygens (including phenoxy) is 2. The Kier molecular flexibility index (Phi) is 16.0. The quantitative estimate of drug-likeness (QED) is 0.0377. The number of aromatic nitrogens is 4. The molecule has 0 saturated carbocycles. The monoisotopic (exact) mass is 1170 g/mol. The van der Waals surface area contributed by atoms with E-state index in [2.05, 4.69) is 100 Å². The molecule has 440 valence electrons. The van der Waals surface area contributed by atoms with E-state index < -0.39 is 58.4 Å². The molecule has 3 aromatic carbocycles. The van der Waals surface area contributed by atoms with Crippen LogP contribution in [-0.2, 0) is 57.5 Å². The van der Waals surface area contributed by atoms with Gasteiger partial charge in [-0.1, -0.05) is 44.0 Å². The van der Waals surface area contributed by atoms with E-state index in [1.807, 2.05) is 18.2 Å². The summed E-state index contributed by atoms with van der Waals surface area (Å²) in [5.41, 5.74) is 16.5. The van der Waals surface area contributed by atoms with Gasteiger partial charge in [0.2, 0.25) is 23.0 Å². The summed E-state index contributed by atoms with van der Waals surface area (Å²) in [5.74, 6) is -0.462. The Hall–Kier alpha value is -6.33. The van der Waals surface area contributed by atoms with E-state index in [0.717, 1.165) is 62.9 Å². The number of amides is 3. The smallest absolute Gasteiger partial charge is 0.440 e. The van der Waals surface area contributed by atoms with Crippen LogP contribution in [0.3, 0.4) is 0 Å². The number of aliphatic hydroxyl groups excluding tert-OH is 1. The molecule has 2 unspecified atom stereocenters. The highest BCUT2D eigenvalue weighted by Gasteiger charge is 2.52. The molecule has 0 bridgehead atoms. The van der Waals surface area contributed by atoms with Gasteiger partial charge in [0, 0.05) is 85.8 Å². The molecule has 1 aliphatic carbocycles. The maximum absolute atomic E-state index is 14.9. The van der Waals surface area contributed by atoms with E-state index in [0.29, 0.717) is 17.9 Å². The molecule has 5 aromatic rings. The summed E-state index contributed by atoms with van der Waals surface area (Å²) in [6, 6.07) is 15.3. The number of nitrogens with one attached hydrogen (secondary N) is 3. The number of alkyl carbamates (subject to hydrolysis) is 1. The lowest BCUT2D eigenvalue weighted by atomic mass is 9.64. The number of imidazole rings is 1. The Morgan fingerprint density at radius 2 is 1.74 bits per heavy atom. The molecule has 6 heterocycles. The van der Waals surface area contributed by atoms with Gasteiger partial charge in [0.25, 0.3) is 17.4 Å². The third-order valence-corrected chi connectivity index (χ3v) is 19.0. The minimum Gasteiger partial charge on any atom is -0.440 e. The molecule has 9 N–H and O–H groups in total. The number of carbonyl (C=O) groups is 3. The Morgan fingerprint density at radius 1 is 1.02 bits per heavy atom. The van der Waals surface area contributed by atoms with E-state index in [9.17, 15) is 38.3 Å². The number of aryl methyl sites for hydroxylation is 2. The van der Waals surface area contributed by atoms with Crippen LogP contribution in [0.5, 0.6) is 0 Å². The SMILES string of the molecule is CCN1c2cc3c(cc2C(C)CC1(C)C)C(c1ccccc1C(=O)N(C)CCCC(=O)NCCNC(=O)O[C@H]1[C@@H](O)[C@H]([n+]2cn(C)c4c(=O)[nH]c(N)nc42)O[C@@H]1COP(=O)(O)OP(=O)(O)O)=c1cc2c4c(c1C3(C)C)CCC[N+]=4CCC2. The Bertz CT molecular complexity index is 3700. The number of phosphoric ester groups is 1. The molecular weight excluding hydrogens is 1100 g/mol. The molecule has 3 amide bonds. The summed E-state index contributed by atoms with van der Waals surface area (Å²) in [5, 5.41) is 19.3. The number of phosphoric acid groups is 2. The van der Waals surface area contributed by atoms with E-state index in [-0.39, 0.29) is 65.9 Å². The van der Waals surface area contributed by atoms with Gasteiger partial charge in [-0.15, -0.1) is 0 Å². The number of carbonyl (C=O) groups excluding carboxylic acids is 3. The van der Waals surface area contributed by atoms with Gasteiger partial charge in [0.1, 0.15) is 19.2 Å².